The van der Waals surface area contributed by atoms with Crippen LogP contribution in [-0.4, -0.2) is 49.2 Å². The molecule has 1 atom stereocenters. The number of hydrogen-bond acceptors (Lipinski definition) is 3. The number of nitrogens with zero attached hydrogens (tertiary/aromatic N) is 1. The molecule has 1 fully saturated rings. The molecule has 0 amide bonds. The maximum Gasteiger partial charge on any atom is 0.322 e. The molecule has 2 N–H and O–H groups in total. The van der Waals surface area contributed by atoms with E-state index in [4.69, 9.17) is 5.11 Å². The van der Waals surface area contributed by atoms with Crippen molar-refractivity contribution >= 4 is 5.97 Å². The van der Waals surface area contributed by atoms with Crippen molar-refractivity contribution in [3.63, 3.8) is 0 Å². The van der Waals surface area contributed by atoms with Gasteiger partial charge in [-0.15, -0.1) is 0 Å². The summed E-state index contributed by atoms with van der Waals surface area (Å²) in [5.41, 5.74) is 0. The highest BCUT2D eigenvalue weighted by Crippen LogP contribution is 2.27. The largest absolute Gasteiger partial charge is 0.480 e. The smallest absolute Gasteiger partial charge is 0.322 e. The molecule has 0 heterocycles. The molecule has 4 heteroatoms. The molecule has 0 saturated heterocycles. The Morgan fingerprint density at radius 3 is 2.62 bits per heavy atom. The quantitative estimate of drug-likeness (QED) is 0.687. The van der Waals surface area contributed by atoms with Gasteiger partial charge in [0.2, 0.25) is 0 Å². The van der Waals surface area contributed by atoms with Crippen LogP contribution in [0.1, 0.15) is 32.1 Å². The average Bonchev–Trinajstić information content (AvgIpc) is 2.75. The molecular weight excluding hydrogens is 204 g/mol. The van der Waals surface area contributed by atoms with Crippen molar-refractivity contribution in [2.75, 3.05) is 27.2 Å². The average molecular weight is 228 g/mol. The predicted molar refractivity (Wildman–Crippen MR) is 64.6 cm³/mol. The summed E-state index contributed by atoms with van der Waals surface area (Å²) in [4.78, 5) is 13.0. The first-order valence-electron chi connectivity index (χ1n) is 6.22. The molecule has 16 heavy (non-hydrogen) atoms. The molecule has 4 nitrogen and oxygen atoms in total. The van der Waals surface area contributed by atoms with Crippen LogP contribution in [0.25, 0.3) is 0 Å². The molecule has 1 aliphatic carbocycles. The van der Waals surface area contributed by atoms with E-state index in [1.165, 1.54) is 32.1 Å². The first kappa shape index (κ1) is 13.5. The van der Waals surface area contributed by atoms with E-state index in [0.717, 1.165) is 12.5 Å². The van der Waals surface area contributed by atoms with Gasteiger partial charge in [0.05, 0.1) is 0 Å². The summed E-state index contributed by atoms with van der Waals surface area (Å²) in [6.07, 6.45) is 6.70. The zero-order valence-corrected chi connectivity index (χ0v) is 10.4. The van der Waals surface area contributed by atoms with E-state index in [-0.39, 0.29) is 0 Å². The van der Waals surface area contributed by atoms with Gasteiger partial charge in [-0.25, -0.2) is 0 Å². The summed E-state index contributed by atoms with van der Waals surface area (Å²) in [6.45, 7) is 1.59. The van der Waals surface area contributed by atoms with E-state index in [2.05, 4.69) is 10.2 Å². The van der Waals surface area contributed by atoms with Gasteiger partial charge < -0.3 is 15.3 Å². The third kappa shape index (κ3) is 4.49. The van der Waals surface area contributed by atoms with Crippen LogP contribution in [0.4, 0.5) is 0 Å². The number of carboxylic acid groups (broad SMARTS) is 1. The van der Waals surface area contributed by atoms with Gasteiger partial charge in [0.15, 0.2) is 0 Å². The standard InChI is InChI=1S/C12H24N2O2/c1-13-11(12(15)16)9-14(2)8-7-10-5-3-4-6-10/h10-11,13H,3-9H2,1-2H3,(H,15,16). The molecule has 1 saturated carbocycles. The van der Waals surface area contributed by atoms with Crippen LogP contribution in [0, 0.1) is 5.92 Å². The molecular formula is C12H24N2O2. The minimum Gasteiger partial charge on any atom is -0.480 e. The van der Waals surface area contributed by atoms with Crippen molar-refractivity contribution in [3.8, 4) is 0 Å². The van der Waals surface area contributed by atoms with E-state index in [1.54, 1.807) is 7.05 Å². The molecule has 0 aromatic heterocycles. The third-order valence-corrected chi connectivity index (χ3v) is 3.53. The van der Waals surface area contributed by atoms with Gasteiger partial charge in [0, 0.05) is 6.54 Å². The first-order chi connectivity index (χ1) is 7.63. The molecule has 0 spiro atoms. The summed E-state index contributed by atoms with van der Waals surface area (Å²) in [6, 6.07) is -0.450. The fourth-order valence-corrected chi connectivity index (χ4v) is 2.40. The van der Waals surface area contributed by atoms with Gasteiger partial charge in [0.25, 0.3) is 0 Å². The molecule has 94 valence electrons. The van der Waals surface area contributed by atoms with Gasteiger partial charge in [-0.2, -0.15) is 0 Å². The highest BCUT2D eigenvalue weighted by atomic mass is 16.4. The number of carbonyl (C=O) groups is 1. The van der Waals surface area contributed by atoms with Crippen molar-refractivity contribution in [1.82, 2.24) is 10.2 Å². The Balaban J connectivity index is 2.18. The minimum atomic E-state index is -0.768. The van der Waals surface area contributed by atoms with E-state index in [0.29, 0.717) is 6.54 Å². The molecule has 1 rings (SSSR count). The van der Waals surface area contributed by atoms with Crippen LogP contribution in [0.2, 0.25) is 0 Å². The lowest BCUT2D eigenvalue weighted by atomic mass is 10.0. The fraction of sp³-hybridized carbons (Fsp3) is 0.917. The number of carboxylic acids is 1. The van der Waals surface area contributed by atoms with Gasteiger partial charge in [0.1, 0.15) is 6.04 Å². The second-order valence-electron chi connectivity index (χ2n) is 4.88. The van der Waals surface area contributed by atoms with Crippen LogP contribution < -0.4 is 5.32 Å². The topological polar surface area (TPSA) is 52.6 Å². The second-order valence-corrected chi connectivity index (χ2v) is 4.88. The van der Waals surface area contributed by atoms with Crippen LogP contribution in [0.5, 0.6) is 0 Å². The summed E-state index contributed by atoms with van der Waals surface area (Å²) in [5, 5.41) is 11.7. The third-order valence-electron chi connectivity index (χ3n) is 3.53. The first-order valence-corrected chi connectivity index (χ1v) is 6.22. The molecule has 1 unspecified atom stereocenters. The Morgan fingerprint density at radius 2 is 2.12 bits per heavy atom. The summed E-state index contributed by atoms with van der Waals surface area (Å²) in [7, 11) is 3.70. The molecule has 0 aromatic carbocycles. The molecule has 1 aliphatic rings. The van der Waals surface area contributed by atoms with Crippen molar-refractivity contribution in [2.24, 2.45) is 5.92 Å². The van der Waals surface area contributed by atoms with E-state index >= 15 is 0 Å². The van der Waals surface area contributed by atoms with Gasteiger partial charge >= 0.3 is 5.97 Å². The number of hydrogen-bond donors (Lipinski definition) is 2. The van der Waals surface area contributed by atoms with E-state index < -0.39 is 12.0 Å². The van der Waals surface area contributed by atoms with Crippen LogP contribution in [0.15, 0.2) is 0 Å². The van der Waals surface area contributed by atoms with Crippen LogP contribution in [-0.2, 0) is 4.79 Å². The predicted octanol–water partition coefficient (Wildman–Crippen LogP) is 1.17. The highest BCUT2D eigenvalue weighted by Gasteiger charge is 2.19. The number of likely N-dealkylation sites (N-methyl/N-ethyl adjacent to an activating group) is 2. The van der Waals surface area contributed by atoms with Gasteiger partial charge in [-0.05, 0) is 33.0 Å². The highest BCUT2D eigenvalue weighted by molar-refractivity contribution is 5.73. The Bertz CT molecular complexity index is 215. The lowest BCUT2D eigenvalue weighted by molar-refractivity contribution is -0.139. The summed E-state index contributed by atoms with van der Waals surface area (Å²) >= 11 is 0. The Morgan fingerprint density at radius 1 is 1.50 bits per heavy atom. The Hall–Kier alpha value is -0.610. The molecule has 0 aliphatic heterocycles. The van der Waals surface area contributed by atoms with E-state index in [1.807, 2.05) is 7.05 Å². The second kappa shape index (κ2) is 6.86. The van der Waals surface area contributed by atoms with E-state index in [9.17, 15) is 4.79 Å². The van der Waals surface area contributed by atoms with Crippen LogP contribution in [0.3, 0.4) is 0 Å². The number of nitrogens with one attached hydrogen (secondary N) is 1. The number of rotatable bonds is 7. The zero-order valence-electron chi connectivity index (χ0n) is 10.4. The Kier molecular flexibility index (Phi) is 5.77. The molecule has 0 aromatic rings. The lowest BCUT2D eigenvalue weighted by Gasteiger charge is -2.22. The molecule has 0 bridgehead atoms. The lowest BCUT2D eigenvalue weighted by Crippen LogP contribution is -2.43. The maximum atomic E-state index is 10.8. The van der Waals surface area contributed by atoms with Crippen LogP contribution >= 0.6 is 0 Å². The minimum absolute atomic E-state index is 0.450. The monoisotopic (exact) mass is 228 g/mol. The van der Waals surface area contributed by atoms with Crippen molar-refractivity contribution in [2.45, 2.75) is 38.1 Å². The van der Waals surface area contributed by atoms with Crippen molar-refractivity contribution in [1.29, 1.82) is 0 Å². The van der Waals surface area contributed by atoms with Gasteiger partial charge in [-0.1, -0.05) is 25.7 Å². The number of aliphatic carboxylic acids is 1. The fourth-order valence-electron chi connectivity index (χ4n) is 2.40. The zero-order chi connectivity index (χ0) is 12.0. The SMILES string of the molecule is CNC(CN(C)CCC1CCCC1)C(=O)O. The maximum absolute atomic E-state index is 10.8. The van der Waals surface area contributed by atoms with Crippen molar-refractivity contribution in [3.05, 3.63) is 0 Å². The molecule has 0 radical (unpaired) electrons. The summed E-state index contributed by atoms with van der Waals surface area (Å²) < 4.78 is 0. The Labute approximate surface area is 98.0 Å². The van der Waals surface area contributed by atoms with Gasteiger partial charge in [-0.3, -0.25) is 4.79 Å². The summed E-state index contributed by atoms with van der Waals surface area (Å²) in [5.74, 6) is 0.107. The normalized spacial score (nSPS) is 19.2. The van der Waals surface area contributed by atoms with Crippen molar-refractivity contribution < 1.29 is 9.90 Å².